The van der Waals surface area contributed by atoms with Crippen LogP contribution in [0.25, 0.3) is 0 Å². The molecule has 0 radical (unpaired) electrons. The van der Waals surface area contributed by atoms with E-state index in [0.29, 0.717) is 5.92 Å². The third-order valence-corrected chi connectivity index (χ3v) is 3.45. The van der Waals surface area contributed by atoms with E-state index >= 15 is 0 Å². The molecule has 2 nitrogen and oxygen atoms in total. The van der Waals surface area contributed by atoms with E-state index in [1.54, 1.807) is 11.3 Å². The van der Waals surface area contributed by atoms with E-state index in [9.17, 15) is 0 Å². The van der Waals surface area contributed by atoms with Crippen LogP contribution in [0.1, 0.15) is 18.7 Å². The molecule has 0 bridgehead atoms. The lowest BCUT2D eigenvalue weighted by Crippen LogP contribution is -2.36. The van der Waals surface area contributed by atoms with Crippen LogP contribution in [0.15, 0.2) is 11.4 Å². The summed E-state index contributed by atoms with van der Waals surface area (Å²) in [4.78, 5) is 1.20. The molecule has 0 aliphatic heterocycles. The summed E-state index contributed by atoms with van der Waals surface area (Å²) >= 11 is 7.44. The van der Waals surface area contributed by atoms with E-state index < -0.39 is 0 Å². The van der Waals surface area contributed by atoms with Gasteiger partial charge >= 0.3 is 0 Å². The van der Waals surface area contributed by atoms with Gasteiger partial charge in [-0.05, 0) is 12.0 Å². The first-order valence-electron chi connectivity index (χ1n) is 4.70. The molecule has 0 aliphatic rings. The van der Waals surface area contributed by atoms with E-state index in [2.05, 4.69) is 19.2 Å². The highest BCUT2D eigenvalue weighted by atomic mass is 35.5. The fourth-order valence-corrected chi connectivity index (χ4v) is 2.21. The van der Waals surface area contributed by atoms with Gasteiger partial charge in [-0.2, -0.15) is 0 Å². The normalized spacial score (nSPS) is 13.5. The smallest absolute Gasteiger partial charge is 0.0587 e. The lowest BCUT2D eigenvalue weighted by atomic mass is 10.1. The maximum Gasteiger partial charge on any atom is 0.0587 e. The molecule has 0 saturated carbocycles. The predicted octanol–water partition coefficient (Wildman–Crippen LogP) is 2.51. The lowest BCUT2D eigenvalue weighted by molar-refractivity contribution is 0.210. The van der Waals surface area contributed by atoms with Crippen molar-refractivity contribution in [2.24, 2.45) is 5.92 Å². The molecule has 80 valence electrons. The Balaban J connectivity index is 2.39. The van der Waals surface area contributed by atoms with Crippen LogP contribution < -0.4 is 5.32 Å². The summed E-state index contributed by atoms with van der Waals surface area (Å²) in [5, 5.41) is 15.1. The van der Waals surface area contributed by atoms with Crippen LogP contribution in [-0.2, 0) is 6.54 Å². The van der Waals surface area contributed by atoms with Gasteiger partial charge in [0.05, 0.1) is 11.6 Å². The first kappa shape index (κ1) is 12.0. The molecule has 0 saturated heterocycles. The molecule has 0 aliphatic carbocycles. The topological polar surface area (TPSA) is 32.3 Å². The summed E-state index contributed by atoms with van der Waals surface area (Å²) in [7, 11) is 0. The van der Waals surface area contributed by atoms with Crippen molar-refractivity contribution < 1.29 is 5.11 Å². The Hall–Kier alpha value is -0.0900. The third kappa shape index (κ3) is 3.58. The molecule has 1 heterocycles. The zero-order chi connectivity index (χ0) is 10.6. The number of aliphatic hydroxyl groups excluding tert-OH is 1. The minimum absolute atomic E-state index is 0.163. The average Bonchev–Trinajstić information content (AvgIpc) is 2.52. The molecule has 0 aromatic carbocycles. The standard InChI is InChI=1S/C10H16ClNOS/c1-7(2)10(5-13)12-4-9-3-8(11)6-14-9/h3,6-7,10,12-13H,4-5H2,1-2H3. The first-order chi connectivity index (χ1) is 6.63. The minimum Gasteiger partial charge on any atom is -0.395 e. The summed E-state index contributed by atoms with van der Waals surface area (Å²) in [5.74, 6) is 0.440. The Labute approximate surface area is 93.9 Å². The predicted molar refractivity (Wildman–Crippen MR) is 61.9 cm³/mol. The van der Waals surface area contributed by atoms with Gasteiger partial charge in [-0.1, -0.05) is 25.4 Å². The zero-order valence-electron chi connectivity index (χ0n) is 8.46. The summed E-state index contributed by atoms with van der Waals surface area (Å²) in [6, 6.07) is 2.12. The number of hydrogen-bond acceptors (Lipinski definition) is 3. The Morgan fingerprint density at radius 3 is 2.71 bits per heavy atom. The molecule has 1 aromatic heterocycles. The van der Waals surface area contributed by atoms with Crippen LogP contribution >= 0.6 is 22.9 Å². The van der Waals surface area contributed by atoms with Crippen LogP contribution in [0.5, 0.6) is 0 Å². The number of halogens is 1. The highest BCUT2D eigenvalue weighted by molar-refractivity contribution is 7.10. The van der Waals surface area contributed by atoms with Crippen LogP contribution in [0.4, 0.5) is 0 Å². The summed E-state index contributed by atoms with van der Waals surface area (Å²) in [6.45, 7) is 5.14. The third-order valence-electron chi connectivity index (χ3n) is 2.16. The van der Waals surface area contributed by atoms with Crippen molar-refractivity contribution in [2.45, 2.75) is 26.4 Å². The van der Waals surface area contributed by atoms with Gasteiger partial charge < -0.3 is 10.4 Å². The molecular formula is C10H16ClNOS. The monoisotopic (exact) mass is 233 g/mol. The van der Waals surface area contributed by atoms with E-state index in [-0.39, 0.29) is 12.6 Å². The largest absolute Gasteiger partial charge is 0.395 e. The fraction of sp³-hybridized carbons (Fsp3) is 0.600. The average molecular weight is 234 g/mol. The molecule has 1 rings (SSSR count). The molecule has 2 N–H and O–H groups in total. The van der Waals surface area contributed by atoms with Gasteiger partial charge in [0, 0.05) is 22.8 Å². The van der Waals surface area contributed by atoms with Gasteiger partial charge in [0.15, 0.2) is 0 Å². The molecular weight excluding hydrogens is 218 g/mol. The highest BCUT2D eigenvalue weighted by Crippen LogP contribution is 2.19. The lowest BCUT2D eigenvalue weighted by Gasteiger charge is -2.19. The maximum atomic E-state index is 9.09. The Bertz CT molecular complexity index is 275. The van der Waals surface area contributed by atoms with E-state index in [0.717, 1.165) is 11.6 Å². The van der Waals surface area contributed by atoms with E-state index in [1.807, 2.05) is 11.4 Å². The van der Waals surface area contributed by atoms with Crippen molar-refractivity contribution in [3.63, 3.8) is 0 Å². The number of thiophene rings is 1. The van der Waals surface area contributed by atoms with E-state index in [4.69, 9.17) is 16.7 Å². The van der Waals surface area contributed by atoms with Crippen LogP contribution in [0.2, 0.25) is 5.02 Å². The molecule has 1 aromatic rings. The van der Waals surface area contributed by atoms with Gasteiger partial charge in [0.25, 0.3) is 0 Å². The second kappa shape index (κ2) is 5.71. The van der Waals surface area contributed by atoms with Crippen LogP contribution in [-0.4, -0.2) is 17.8 Å². The number of nitrogens with one attached hydrogen (secondary N) is 1. The molecule has 0 amide bonds. The molecule has 1 unspecified atom stereocenters. The summed E-state index contributed by atoms with van der Waals surface area (Å²) in [5.41, 5.74) is 0. The van der Waals surface area contributed by atoms with Crippen LogP contribution in [0, 0.1) is 5.92 Å². The second-order valence-electron chi connectivity index (χ2n) is 3.65. The Morgan fingerprint density at radius 1 is 1.57 bits per heavy atom. The minimum atomic E-state index is 0.163. The number of aliphatic hydroxyl groups is 1. The molecule has 14 heavy (non-hydrogen) atoms. The number of hydrogen-bond donors (Lipinski definition) is 2. The maximum absolute atomic E-state index is 9.09. The Morgan fingerprint density at radius 2 is 2.29 bits per heavy atom. The first-order valence-corrected chi connectivity index (χ1v) is 5.96. The summed E-state index contributed by atoms with van der Waals surface area (Å²) < 4.78 is 0. The van der Waals surface area contributed by atoms with Crippen molar-refractivity contribution in [3.8, 4) is 0 Å². The molecule has 1 atom stereocenters. The van der Waals surface area contributed by atoms with E-state index in [1.165, 1.54) is 4.88 Å². The summed E-state index contributed by atoms with van der Waals surface area (Å²) in [6.07, 6.45) is 0. The van der Waals surface area contributed by atoms with Gasteiger partial charge in [-0.25, -0.2) is 0 Å². The second-order valence-corrected chi connectivity index (χ2v) is 5.08. The molecule has 0 spiro atoms. The zero-order valence-corrected chi connectivity index (χ0v) is 10.0. The SMILES string of the molecule is CC(C)C(CO)NCc1cc(Cl)cs1. The highest BCUT2D eigenvalue weighted by Gasteiger charge is 2.11. The van der Waals surface area contributed by atoms with Crippen molar-refractivity contribution in [1.82, 2.24) is 5.32 Å². The van der Waals surface area contributed by atoms with Gasteiger partial charge in [0.1, 0.15) is 0 Å². The van der Waals surface area contributed by atoms with Crippen LogP contribution in [0.3, 0.4) is 0 Å². The van der Waals surface area contributed by atoms with Crippen molar-refractivity contribution in [2.75, 3.05) is 6.61 Å². The quantitative estimate of drug-likeness (QED) is 0.819. The fourth-order valence-electron chi connectivity index (χ4n) is 1.19. The van der Waals surface area contributed by atoms with Crippen molar-refractivity contribution in [3.05, 3.63) is 21.3 Å². The van der Waals surface area contributed by atoms with Gasteiger partial charge in [0.2, 0.25) is 0 Å². The van der Waals surface area contributed by atoms with Crippen molar-refractivity contribution >= 4 is 22.9 Å². The molecule has 4 heteroatoms. The molecule has 0 fully saturated rings. The van der Waals surface area contributed by atoms with Gasteiger partial charge in [-0.3, -0.25) is 0 Å². The van der Waals surface area contributed by atoms with Gasteiger partial charge in [-0.15, -0.1) is 11.3 Å². The Kier molecular flexibility index (Phi) is 4.89. The number of rotatable bonds is 5. The van der Waals surface area contributed by atoms with Crippen molar-refractivity contribution in [1.29, 1.82) is 0 Å².